The van der Waals surface area contributed by atoms with Crippen LogP contribution in [-0.2, 0) is 4.57 Å². The molecule has 0 bridgehead atoms. The van der Waals surface area contributed by atoms with Crippen LogP contribution in [0.25, 0.3) is 0 Å². The van der Waals surface area contributed by atoms with Crippen LogP contribution in [0.1, 0.15) is 6.42 Å². The van der Waals surface area contributed by atoms with Gasteiger partial charge >= 0.3 is 7.60 Å². The molecule has 4 nitrogen and oxygen atoms in total. The molecule has 6 heteroatoms. The Morgan fingerprint density at radius 1 is 0.955 bits per heavy atom. The van der Waals surface area contributed by atoms with Crippen LogP contribution in [0.3, 0.4) is 0 Å². The highest BCUT2D eigenvalue weighted by molar-refractivity contribution is 7.78. The summed E-state index contributed by atoms with van der Waals surface area (Å²) in [5, 5.41) is 2.29. The van der Waals surface area contributed by atoms with Gasteiger partial charge in [0.1, 0.15) is 11.5 Å². The number of hydrogen-bond acceptors (Lipinski definition) is 5. The summed E-state index contributed by atoms with van der Waals surface area (Å²) in [6.07, 6.45) is 0.790. The van der Waals surface area contributed by atoms with Crippen molar-refractivity contribution >= 4 is 25.0 Å². The third-order valence-electron chi connectivity index (χ3n) is 2.74. The molecule has 0 aliphatic heterocycles. The summed E-state index contributed by atoms with van der Waals surface area (Å²) in [5.41, 5.74) is 0. The molecule has 0 saturated carbocycles. The Labute approximate surface area is 135 Å². The minimum atomic E-state index is -3.33. The molecule has 0 aromatic heterocycles. The molecule has 0 spiro atoms. The normalized spacial score (nSPS) is 10.5. The van der Waals surface area contributed by atoms with Gasteiger partial charge in [-0.05, 0) is 42.9 Å². The zero-order valence-electron chi connectivity index (χ0n) is 11.9. The summed E-state index contributed by atoms with van der Waals surface area (Å²) in [6, 6.07) is 18.0. The largest absolute Gasteiger partial charge is 0.430 e. The van der Waals surface area contributed by atoms with Crippen LogP contribution < -0.4 is 9.05 Å². The van der Waals surface area contributed by atoms with Crippen LogP contribution in [0.4, 0.5) is 0 Å². The van der Waals surface area contributed by atoms with E-state index in [1.54, 1.807) is 24.3 Å². The van der Waals surface area contributed by atoms with Gasteiger partial charge in [0, 0.05) is 6.54 Å². The zero-order valence-corrected chi connectivity index (χ0v) is 13.6. The molecule has 22 heavy (non-hydrogen) atoms. The van der Waals surface area contributed by atoms with Gasteiger partial charge in [0.15, 0.2) is 0 Å². The number of thiocarbonyl (C=S) groups is 1. The van der Waals surface area contributed by atoms with Crippen LogP contribution >= 0.6 is 19.8 Å². The molecule has 0 fully saturated rings. The standard InChI is InChI=1S/C16H16NO3PS/c18-21(13-7-12-17-14-22,19-15-8-3-1-4-9-15)20-16-10-5-2-6-11-16/h1-6,8-11H,7,12-13H2. The molecular weight excluding hydrogens is 317 g/mol. The van der Waals surface area contributed by atoms with Gasteiger partial charge in [0.05, 0.1) is 11.3 Å². The quantitative estimate of drug-likeness (QED) is 0.300. The molecule has 114 valence electrons. The number of para-hydroxylation sites is 2. The number of benzene rings is 2. The lowest BCUT2D eigenvalue weighted by Gasteiger charge is -2.19. The monoisotopic (exact) mass is 333 g/mol. The second kappa shape index (κ2) is 8.50. The van der Waals surface area contributed by atoms with Crippen molar-refractivity contribution in [1.82, 2.24) is 0 Å². The second-order valence-corrected chi connectivity index (χ2v) is 6.69. The van der Waals surface area contributed by atoms with Crippen LogP contribution in [-0.4, -0.2) is 17.9 Å². The first-order valence-electron chi connectivity index (χ1n) is 6.84. The Bertz CT molecular complexity index is 627. The van der Waals surface area contributed by atoms with E-state index in [9.17, 15) is 4.57 Å². The summed E-state index contributed by atoms with van der Waals surface area (Å²) in [4.78, 5) is 3.82. The highest BCUT2D eigenvalue weighted by Gasteiger charge is 2.27. The van der Waals surface area contributed by atoms with Crippen molar-refractivity contribution in [2.24, 2.45) is 4.99 Å². The maximum absolute atomic E-state index is 13.0. The highest BCUT2D eigenvalue weighted by atomic mass is 32.1. The van der Waals surface area contributed by atoms with Crippen LogP contribution in [0.15, 0.2) is 65.7 Å². The van der Waals surface area contributed by atoms with E-state index in [-0.39, 0.29) is 6.16 Å². The van der Waals surface area contributed by atoms with Crippen molar-refractivity contribution in [2.75, 3.05) is 12.7 Å². The minimum absolute atomic E-state index is 0.247. The Balaban J connectivity index is 2.12. The summed E-state index contributed by atoms with van der Waals surface area (Å²) in [7, 11) is -3.33. The Morgan fingerprint density at radius 3 is 1.91 bits per heavy atom. The number of aliphatic imine (C=N–C) groups is 1. The van der Waals surface area contributed by atoms with E-state index in [1.165, 1.54) is 0 Å². The van der Waals surface area contributed by atoms with Gasteiger partial charge in [-0.15, -0.1) is 0 Å². The summed E-state index contributed by atoms with van der Waals surface area (Å²) in [6.45, 7) is 0.448. The van der Waals surface area contributed by atoms with E-state index in [2.05, 4.69) is 22.4 Å². The van der Waals surface area contributed by atoms with Gasteiger partial charge in [-0.2, -0.15) is 0 Å². The lowest BCUT2D eigenvalue weighted by Crippen LogP contribution is -2.06. The highest BCUT2D eigenvalue weighted by Crippen LogP contribution is 2.48. The molecule has 0 heterocycles. The average Bonchev–Trinajstić information content (AvgIpc) is 2.53. The van der Waals surface area contributed by atoms with Gasteiger partial charge in [-0.1, -0.05) is 36.4 Å². The van der Waals surface area contributed by atoms with E-state index in [0.29, 0.717) is 24.5 Å². The third kappa shape index (κ3) is 5.45. The van der Waals surface area contributed by atoms with Crippen molar-refractivity contribution in [2.45, 2.75) is 6.42 Å². The van der Waals surface area contributed by atoms with Crippen molar-refractivity contribution < 1.29 is 13.6 Å². The lowest BCUT2D eigenvalue weighted by atomic mass is 10.3. The molecule has 0 radical (unpaired) electrons. The number of rotatable bonds is 8. The Morgan fingerprint density at radius 2 is 1.45 bits per heavy atom. The molecule has 0 unspecified atom stereocenters. The fourth-order valence-electron chi connectivity index (χ4n) is 1.78. The Kier molecular flexibility index (Phi) is 6.35. The fraction of sp³-hybridized carbons (Fsp3) is 0.188. The smallest absolute Gasteiger partial charge is 0.416 e. The van der Waals surface area contributed by atoms with Gasteiger partial charge in [0.25, 0.3) is 0 Å². The molecule has 0 aliphatic carbocycles. The molecule has 0 amide bonds. The summed E-state index contributed by atoms with van der Waals surface area (Å²) in [5.74, 6) is 1.03. The molecule has 2 aromatic rings. The molecular formula is C16H16NO3PS. The van der Waals surface area contributed by atoms with Crippen molar-refractivity contribution in [3.05, 3.63) is 60.7 Å². The third-order valence-corrected chi connectivity index (χ3v) is 4.71. The molecule has 0 N–H and O–H groups in total. The van der Waals surface area contributed by atoms with Crippen molar-refractivity contribution in [3.8, 4) is 11.5 Å². The number of nitrogens with zero attached hydrogens (tertiary/aromatic N) is 1. The molecule has 2 aromatic carbocycles. The van der Waals surface area contributed by atoms with Crippen molar-refractivity contribution in [3.63, 3.8) is 0 Å². The molecule has 0 atom stereocenters. The molecule has 0 saturated heterocycles. The predicted octanol–water partition coefficient (Wildman–Crippen LogP) is 4.83. The Hall–Kier alpha value is -1.93. The topological polar surface area (TPSA) is 47.9 Å². The SMILES string of the molecule is O=P(CCCN=C=S)(Oc1ccccc1)Oc1ccccc1. The first-order chi connectivity index (χ1) is 10.7. The van der Waals surface area contributed by atoms with E-state index in [1.807, 2.05) is 36.4 Å². The zero-order chi connectivity index (χ0) is 15.7. The second-order valence-electron chi connectivity index (χ2n) is 4.47. The van der Waals surface area contributed by atoms with Gasteiger partial charge in [0.2, 0.25) is 0 Å². The van der Waals surface area contributed by atoms with Crippen LogP contribution in [0.5, 0.6) is 11.5 Å². The number of isothiocyanates is 1. The van der Waals surface area contributed by atoms with Crippen LogP contribution in [0, 0.1) is 0 Å². The fourth-order valence-corrected chi connectivity index (χ4v) is 3.51. The van der Waals surface area contributed by atoms with E-state index in [0.717, 1.165) is 0 Å². The lowest BCUT2D eigenvalue weighted by molar-refractivity contribution is 0.385. The first kappa shape index (κ1) is 16.4. The summed E-state index contributed by atoms with van der Waals surface area (Å²) < 4.78 is 24.2. The van der Waals surface area contributed by atoms with Gasteiger partial charge in [-0.25, -0.2) is 9.56 Å². The maximum atomic E-state index is 13.0. The summed E-state index contributed by atoms with van der Waals surface area (Å²) >= 11 is 4.52. The average molecular weight is 333 g/mol. The van der Waals surface area contributed by atoms with E-state index >= 15 is 0 Å². The van der Waals surface area contributed by atoms with Gasteiger partial charge < -0.3 is 9.05 Å². The van der Waals surface area contributed by atoms with E-state index in [4.69, 9.17) is 9.05 Å². The minimum Gasteiger partial charge on any atom is -0.416 e. The van der Waals surface area contributed by atoms with E-state index < -0.39 is 7.60 Å². The van der Waals surface area contributed by atoms with Gasteiger partial charge in [-0.3, -0.25) is 0 Å². The molecule has 2 rings (SSSR count). The van der Waals surface area contributed by atoms with Crippen molar-refractivity contribution in [1.29, 1.82) is 0 Å². The molecule has 0 aliphatic rings. The maximum Gasteiger partial charge on any atom is 0.430 e. The number of hydrogen-bond donors (Lipinski definition) is 0. The first-order valence-corrected chi connectivity index (χ1v) is 8.97. The van der Waals surface area contributed by atoms with Crippen LogP contribution in [0.2, 0.25) is 0 Å². The predicted molar refractivity (Wildman–Crippen MR) is 91.1 cm³/mol.